The Labute approximate surface area is 99.9 Å². The minimum absolute atomic E-state index is 0.605. The molecule has 0 amide bonds. The van der Waals surface area contributed by atoms with Gasteiger partial charge in [-0.15, -0.1) is 6.58 Å². The third-order valence-corrected chi connectivity index (χ3v) is 2.68. The summed E-state index contributed by atoms with van der Waals surface area (Å²) in [6, 6.07) is 5.80. The topological polar surface area (TPSA) is 35.8 Å². The highest BCUT2D eigenvalue weighted by molar-refractivity contribution is 9.11. The second-order valence-electron chi connectivity index (χ2n) is 2.59. The molecule has 0 heterocycles. The first-order valence-electron chi connectivity index (χ1n) is 3.93. The van der Waals surface area contributed by atoms with Crippen molar-refractivity contribution >= 4 is 37.5 Å². The fraction of sp³-hybridized carbons (Fsp3) is 0.100. The molecule has 0 unspecified atom stereocenters. The molecule has 2 nitrogen and oxygen atoms in total. The van der Waals surface area contributed by atoms with E-state index in [0.717, 1.165) is 14.6 Å². The molecule has 0 spiro atoms. The van der Waals surface area contributed by atoms with Gasteiger partial charge in [-0.2, -0.15) is 5.26 Å². The number of nitriles is 1. The van der Waals surface area contributed by atoms with Crippen molar-refractivity contribution in [3.63, 3.8) is 0 Å². The number of benzene rings is 1. The summed E-state index contributed by atoms with van der Waals surface area (Å²) >= 11 is 6.72. The van der Waals surface area contributed by atoms with Crippen LogP contribution >= 0.6 is 31.9 Å². The molecule has 0 saturated heterocycles. The molecule has 0 aromatic heterocycles. The first kappa shape index (κ1) is 11.3. The van der Waals surface area contributed by atoms with E-state index >= 15 is 0 Å². The SMILES string of the molecule is C=CCNc1c(Br)cc(Br)cc1C#N. The Morgan fingerprint density at radius 3 is 2.79 bits per heavy atom. The first-order chi connectivity index (χ1) is 6.69. The van der Waals surface area contributed by atoms with Crippen molar-refractivity contribution in [3.05, 3.63) is 39.3 Å². The zero-order valence-corrected chi connectivity index (χ0v) is 10.5. The van der Waals surface area contributed by atoms with Gasteiger partial charge in [0, 0.05) is 15.5 Å². The van der Waals surface area contributed by atoms with Crippen LogP contribution in [0.1, 0.15) is 5.56 Å². The van der Waals surface area contributed by atoms with Gasteiger partial charge in [-0.3, -0.25) is 0 Å². The van der Waals surface area contributed by atoms with Crippen LogP contribution in [0, 0.1) is 11.3 Å². The molecule has 1 aromatic carbocycles. The maximum atomic E-state index is 8.91. The van der Waals surface area contributed by atoms with Gasteiger partial charge in [0.15, 0.2) is 0 Å². The predicted molar refractivity (Wildman–Crippen MR) is 65.2 cm³/mol. The summed E-state index contributed by atoms with van der Waals surface area (Å²) in [4.78, 5) is 0. The number of halogens is 2. The molecule has 0 atom stereocenters. The molecule has 0 saturated carbocycles. The standard InChI is InChI=1S/C10H8Br2N2/c1-2-3-14-10-7(6-13)4-8(11)5-9(10)12/h2,4-5,14H,1,3H2. The Bertz CT molecular complexity index is 394. The maximum Gasteiger partial charge on any atom is 0.101 e. The molecule has 1 aromatic rings. The summed E-state index contributed by atoms with van der Waals surface area (Å²) in [5.41, 5.74) is 1.41. The van der Waals surface area contributed by atoms with Gasteiger partial charge in [-0.1, -0.05) is 22.0 Å². The third kappa shape index (κ3) is 2.60. The molecule has 0 aliphatic rings. The van der Waals surface area contributed by atoms with Gasteiger partial charge in [0.05, 0.1) is 11.3 Å². The van der Waals surface area contributed by atoms with Crippen LogP contribution in [-0.2, 0) is 0 Å². The van der Waals surface area contributed by atoms with Gasteiger partial charge < -0.3 is 5.32 Å². The van der Waals surface area contributed by atoms with Crippen molar-refractivity contribution in [1.29, 1.82) is 5.26 Å². The lowest BCUT2D eigenvalue weighted by Gasteiger charge is -2.08. The molecule has 0 aliphatic heterocycles. The molecule has 72 valence electrons. The molecule has 4 heteroatoms. The van der Waals surface area contributed by atoms with Crippen LogP contribution in [0.15, 0.2) is 33.7 Å². The zero-order chi connectivity index (χ0) is 10.6. The summed E-state index contributed by atoms with van der Waals surface area (Å²) in [6.45, 7) is 4.24. The third-order valence-electron chi connectivity index (χ3n) is 1.60. The Morgan fingerprint density at radius 1 is 1.50 bits per heavy atom. The highest BCUT2D eigenvalue weighted by Gasteiger charge is 2.06. The van der Waals surface area contributed by atoms with Crippen LogP contribution in [0.2, 0.25) is 0 Å². The summed E-state index contributed by atoms with van der Waals surface area (Å²) in [5, 5.41) is 12.0. The molecular formula is C10H8Br2N2. The highest BCUT2D eigenvalue weighted by atomic mass is 79.9. The second-order valence-corrected chi connectivity index (χ2v) is 4.36. The van der Waals surface area contributed by atoms with Crippen molar-refractivity contribution in [1.82, 2.24) is 0 Å². The number of nitrogens with zero attached hydrogens (tertiary/aromatic N) is 1. The average Bonchev–Trinajstić information content (AvgIpc) is 2.15. The van der Waals surface area contributed by atoms with Gasteiger partial charge in [-0.05, 0) is 28.1 Å². The Morgan fingerprint density at radius 2 is 2.21 bits per heavy atom. The largest absolute Gasteiger partial charge is 0.380 e. The van der Waals surface area contributed by atoms with E-state index in [1.54, 1.807) is 12.1 Å². The second kappa shape index (κ2) is 5.18. The van der Waals surface area contributed by atoms with Crippen LogP contribution in [-0.4, -0.2) is 6.54 Å². The summed E-state index contributed by atoms with van der Waals surface area (Å²) in [6.07, 6.45) is 1.75. The van der Waals surface area contributed by atoms with Gasteiger partial charge in [0.1, 0.15) is 6.07 Å². The smallest absolute Gasteiger partial charge is 0.101 e. The first-order valence-corrected chi connectivity index (χ1v) is 5.51. The fourth-order valence-corrected chi connectivity index (χ4v) is 2.38. The molecule has 0 fully saturated rings. The summed E-state index contributed by atoms with van der Waals surface area (Å²) in [7, 11) is 0. The molecule has 0 bridgehead atoms. The van der Waals surface area contributed by atoms with Crippen LogP contribution in [0.25, 0.3) is 0 Å². The monoisotopic (exact) mass is 314 g/mol. The molecule has 14 heavy (non-hydrogen) atoms. The van der Waals surface area contributed by atoms with E-state index in [1.807, 2.05) is 6.07 Å². The highest BCUT2D eigenvalue weighted by Crippen LogP contribution is 2.30. The molecule has 0 radical (unpaired) electrons. The maximum absolute atomic E-state index is 8.91. The van der Waals surface area contributed by atoms with E-state index in [2.05, 4.69) is 49.8 Å². The predicted octanol–water partition coefficient (Wildman–Crippen LogP) is 3.68. The molecule has 1 N–H and O–H groups in total. The lowest BCUT2D eigenvalue weighted by atomic mass is 10.2. The van der Waals surface area contributed by atoms with Gasteiger partial charge >= 0.3 is 0 Å². The number of hydrogen-bond acceptors (Lipinski definition) is 2. The Kier molecular flexibility index (Phi) is 4.18. The summed E-state index contributed by atoms with van der Waals surface area (Å²) in [5.74, 6) is 0. The van der Waals surface area contributed by atoms with E-state index in [9.17, 15) is 0 Å². The van der Waals surface area contributed by atoms with E-state index in [0.29, 0.717) is 12.1 Å². The number of nitrogens with one attached hydrogen (secondary N) is 1. The van der Waals surface area contributed by atoms with Crippen molar-refractivity contribution in [2.24, 2.45) is 0 Å². The average molecular weight is 316 g/mol. The minimum Gasteiger partial charge on any atom is -0.380 e. The van der Waals surface area contributed by atoms with E-state index in [1.165, 1.54) is 0 Å². The quantitative estimate of drug-likeness (QED) is 0.864. The van der Waals surface area contributed by atoms with Crippen molar-refractivity contribution in [3.8, 4) is 6.07 Å². The lowest BCUT2D eigenvalue weighted by molar-refractivity contribution is 1.31. The zero-order valence-electron chi connectivity index (χ0n) is 7.35. The normalized spacial score (nSPS) is 9.21. The Hall–Kier alpha value is -0.790. The van der Waals surface area contributed by atoms with Gasteiger partial charge in [-0.25, -0.2) is 0 Å². The van der Waals surface area contributed by atoms with Gasteiger partial charge in [0.25, 0.3) is 0 Å². The van der Waals surface area contributed by atoms with E-state index in [4.69, 9.17) is 5.26 Å². The lowest BCUT2D eigenvalue weighted by Crippen LogP contribution is -2.01. The summed E-state index contributed by atoms with van der Waals surface area (Å²) < 4.78 is 1.75. The van der Waals surface area contributed by atoms with Crippen LogP contribution in [0.5, 0.6) is 0 Å². The fourth-order valence-electron chi connectivity index (χ4n) is 1.02. The molecule has 0 aliphatic carbocycles. The van der Waals surface area contributed by atoms with Crippen LogP contribution in [0.3, 0.4) is 0 Å². The number of rotatable bonds is 3. The van der Waals surface area contributed by atoms with Gasteiger partial charge in [0.2, 0.25) is 0 Å². The molecule has 1 rings (SSSR count). The van der Waals surface area contributed by atoms with Crippen molar-refractivity contribution in [2.45, 2.75) is 0 Å². The van der Waals surface area contributed by atoms with E-state index in [-0.39, 0.29) is 0 Å². The van der Waals surface area contributed by atoms with Crippen molar-refractivity contribution < 1.29 is 0 Å². The minimum atomic E-state index is 0.605. The van der Waals surface area contributed by atoms with Crippen molar-refractivity contribution in [2.75, 3.05) is 11.9 Å². The number of hydrogen-bond donors (Lipinski definition) is 1. The van der Waals surface area contributed by atoms with E-state index < -0.39 is 0 Å². The molecular weight excluding hydrogens is 308 g/mol. The Balaban J connectivity index is 3.13. The van der Waals surface area contributed by atoms with Crippen LogP contribution < -0.4 is 5.32 Å². The van der Waals surface area contributed by atoms with Crippen LogP contribution in [0.4, 0.5) is 5.69 Å². The number of anilines is 1.